The summed E-state index contributed by atoms with van der Waals surface area (Å²) in [5.41, 5.74) is 0. The molecular weight excluding hydrogens is 241 g/mol. The van der Waals surface area contributed by atoms with E-state index in [0.29, 0.717) is 0 Å². The summed E-state index contributed by atoms with van der Waals surface area (Å²) in [6, 6.07) is 10.0. The monoisotopic (exact) mass is 265 g/mol. The Morgan fingerprint density at radius 2 is 1.78 bits per heavy atom. The Kier molecular flexibility index (Phi) is 5.03. The summed E-state index contributed by atoms with van der Waals surface area (Å²) in [4.78, 5) is 2.48. The van der Waals surface area contributed by atoms with Gasteiger partial charge in [-0.05, 0) is 25.9 Å². The predicted octanol–water partition coefficient (Wildman–Crippen LogP) is 3.18. The van der Waals surface area contributed by atoms with Crippen molar-refractivity contribution in [1.29, 1.82) is 0 Å². The summed E-state index contributed by atoms with van der Waals surface area (Å²) in [6.45, 7) is 5.45. The molecule has 0 aromatic heterocycles. The highest BCUT2D eigenvalue weighted by molar-refractivity contribution is 7.71. The van der Waals surface area contributed by atoms with Crippen LogP contribution in [-0.2, 0) is 4.57 Å². The molecule has 1 saturated heterocycles. The van der Waals surface area contributed by atoms with E-state index in [0.717, 1.165) is 24.2 Å². The molecule has 0 saturated carbocycles. The van der Waals surface area contributed by atoms with Crippen LogP contribution < -0.4 is 5.30 Å². The van der Waals surface area contributed by atoms with E-state index in [1.54, 1.807) is 0 Å². The number of benzene rings is 1. The molecular formula is C15H24NOP. The minimum Gasteiger partial charge on any atom is -0.319 e. The van der Waals surface area contributed by atoms with E-state index in [4.69, 9.17) is 0 Å². The van der Waals surface area contributed by atoms with Gasteiger partial charge < -0.3 is 9.46 Å². The molecule has 1 aliphatic rings. The van der Waals surface area contributed by atoms with Crippen molar-refractivity contribution < 1.29 is 4.57 Å². The highest BCUT2D eigenvalue weighted by atomic mass is 31.2. The van der Waals surface area contributed by atoms with Crippen LogP contribution in [-0.4, -0.2) is 36.9 Å². The van der Waals surface area contributed by atoms with Gasteiger partial charge in [0.2, 0.25) is 0 Å². The second kappa shape index (κ2) is 6.54. The van der Waals surface area contributed by atoms with Crippen molar-refractivity contribution in [2.24, 2.45) is 0 Å². The van der Waals surface area contributed by atoms with Gasteiger partial charge in [0, 0.05) is 24.2 Å². The van der Waals surface area contributed by atoms with Crippen molar-refractivity contribution in [1.82, 2.24) is 4.90 Å². The van der Waals surface area contributed by atoms with E-state index in [9.17, 15) is 4.57 Å². The van der Waals surface area contributed by atoms with Gasteiger partial charge in [-0.1, -0.05) is 43.7 Å². The van der Waals surface area contributed by atoms with Gasteiger partial charge in [-0.3, -0.25) is 0 Å². The number of hydrogen-bond donors (Lipinski definition) is 0. The van der Waals surface area contributed by atoms with Gasteiger partial charge in [0.05, 0.1) is 0 Å². The molecule has 1 aromatic carbocycles. The lowest BCUT2D eigenvalue weighted by atomic mass is 10.1. The number of hydrogen-bond acceptors (Lipinski definition) is 2. The average Bonchev–Trinajstić information content (AvgIpc) is 2.47. The van der Waals surface area contributed by atoms with E-state index < -0.39 is 7.14 Å². The maximum atomic E-state index is 13.0. The van der Waals surface area contributed by atoms with E-state index in [1.165, 1.54) is 32.4 Å². The van der Waals surface area contributed by atoms with E-state index in [-0.39, 0.29) is 0 Å². The SMILES string of the molecule is CCP(=O)(CCN1CCCCC1)c1ccccc1. The topological polar surface area (TPSA) is 20.3 Å². The highest BCUT2D eigenvalue weighted by Crippen LogP contribution is 2.43. The first-order chi connectivity index (χ1) is 8.74. The quantitative estimate of drug-likeness (QED) is 0.762. The Morgan fingerprint density at radius 1 is 1.11 bits per heavy atom. The lowest BCUT2D eigenvalue weighted by Crippen LogP contribution is -2.33. The van der Waals surface area contributed by atoms with Crippen LogP contribution in [0.4, 0.5) is 0 Å². The molecule has 1 heterocycles. The zero-order valence-electron chi connectivity index (χ0n) is 11.3. The summed E-state index contributed by atoms with van der Waals surface area (Å²) in [5.74, 6) is 0. The largest absolute Gasteiger partial charge is 0.319 e. The number of nitrogens with zero attached hydrogens (tertiary/aromatic N) is 1. The zero-order valence-corrected chi connectivity index (χ0v) is 12.2. The third-order valence-corrected chi connectivity index (χ3v) is 7.15. The van der Waals surface area contributed by atoms with Crippen molar-refractivity contribution in [2.75, 3.05) is 32.0 Å². The fourth-order valence-electron chi connectivity index (χ4n) is 2.66. The summed E-state index contributed by atoms with van der Waals surface area (Å²) < 4.78 is 13.0. The Hall–Kier alpha value is -0.590. The van der Waals surface area contributed by atoms with E-state index >= 15 is 0 Å². The summed E-state index contributed by atoms with van der Waals surface area (Å²) in [6.07, 6.45) is 5.60. The third kappa shape index (κ3) is 3.46. The molecule has 0 amide bonds. The lowest BCUT2D eigenvalue weighted by molar-refractivity contribution is 0.241. The molecule has 0 bridgehead atoms. The van der Waals surface area contributed by atoms with Crippen LogP contribution in [0.3, 0.4) is 0 Å². The van der Waals surface area contributed by atoms with E-state index in [1.807, 2.05) is 30.3 Å². The maximum absolute atomic E-state index is 13.0. The second-order valence-corrected chi connectivity index (χ2v) is 8.54. The summed E-state index contributed by atoms with van der Waals surface area (Å²) in [5, 5.41) is 1.06. The minimum atomic E-state index is -2.16. The summed E-state index contributed by atoms with van der Waals surface area (Å²) in [7, 11) is -2.16. The molecule has 100 valence electrons. The Balaban J connectivity index is 1.98. The van der Waals surface area contributed by atoms with Gasteiger partial charge in [0.15, 0.2) is 0 Å². The fourth-order valence-corrected chi connectivity index (χ4v) is 4.92. The number of likely N-dealkylation sites (tertiary alicyclic amines) is 1. The molecule has 1 fully saturated rings. The van der Waals surface area contributed by atoms with Crippen LogP contribution >= 0.6 is 7.14 Å². The minimum absolute atomic E-state index is 0.783. The molecule has 1 unspecified atom stereocenters. The number of rotatable bonds is 5. The van der Waals surface area contributed by atoms with Crippen molar-refractivity contribution in [2.45, 2.75) is 26.2 Å². The second-order valence-electron chi connectivity index (χ2n) is 5.17. The Morgan fingerprint density at radius 3 is 2.39 bits per heavy atom. The first-order valence-electron chi connectivity index (χ1n) is 7.11. The Labute approximate surface area is 111 Å². The fraction of sp³-hybridized carbons (Fsp3) is 0.600. The van der Waals surface area contributed by atoms with Crippen molar-refractivity contribution >= 4 is 12.4 Å². The van der Waals surface area contributed by atoms with Crippen molar-refractivity contribution in [3.05, 3.63) is 30.3 Å². The first kappa shape index (κ1) is 13.8. The van der Waals surface area contributed by atoms with Gasteiger partial charge in [0.25, 0.3) is 0 Å². The normalized spacial score (nSPS) is 20.5. The van der Waals surface area contributed by atoms with Gasteiger partial charge in [-0.2, -0.15) is 0 Å². The standard InChI is InChI=1S/C15H24NOP/c1-2-18(17,15-9-5-3-6-10-15)14-13-16-11-7-4-8-12-16/h3,5-6,9-10H,2,4,7-8,11-14H2,1H3. The molecule has 0 N–H and O–H groups in total. The molecule has 1 atom stereocenters. The number of piperidine rings is 1. The maximum Gasteiger partial charge on any atom is 0.116 e. The van der Waals surface area contributed by atoms with Gasteiger partial charge >= 0.3 is 0 Å². The van der Waals surface area contributed by atoms with Crippen LogP contribution in [0.2, 0.25) is 0 Å². The smallest absolute Gasteiger partial charge is 0.116 e. The van der Waals surface area contributed by atoms with Crippen LogP contribution in [0.1, 0.15) is 26.2 Å². The average molecular weight is 265 g/mol. The van der Waals surface area contributed by atoms with Gasteiger partial charge in [-0.15, -0.1) is 0 Å². The lowest BCUT2D eigenvalue weighted by Gasteiger charge is -2.28. The molecule has 2 nitrogen and oxygen atoms in total. The molecule has 2 rings (SSSR count). The van der Waals surface area contributed by atoms with Gasteiger partial charge in [-0.25, -0.2) is 0 Å². The Bertz CT molecular complexity index is 398. The zero-order chi connectivity index (χ0) is 12.8. The molecule has 1 aromatic rings. The molecule has 0 aliphatic carbocycles. The van der Waals surface area contributed by atoms with Crippen molar-refractivity contribution in [3.63, 3.8) is 0 Å². The summed E-state index contributed by atoms with van der Waals surface area (Å²) >= 11 is 0. The molecule has 0 radical (unpaired) electrons. The molecule has 18 heavy (non-hydrogen) atoms. The van der Waals surface area contributed by atoms with Crippen molar-refractivity contribution in [3.8, 4) is 0 Å². The highest BCUT2D eigenvalue weighted by Gasteiger charge is 2.23. The van der Waals surface area contributed by atoms with Crippen LogP contribution in [0.25, 0.3) is 0 Å². The van der Waals surface area contributed by atoms with Crippen LogP contribution in [0, 0.1) is 0 Å². The van der Waals surface area contributed by atoms with E-state index in [2.05, 4.69) is 11.8 Å². The molecule has 1 aliphatic heterocycles. The molecule has 3 heteroatoms. The first-order valence-corrected chi connectivity index (χ1v) is 9.18. The third-order valence-electron chi connectivity index (χ3n) is 3.96. The van der Waals surface area contributed by atoms with Crippen LogP contribution in [0.15, 0.2) is 30.3 Å². The van der Waals surface area contributed by atoms with Gasteiger partial charge in [0.1, 0.15) is 7.14 Å². The predicted molar refractivity (Wildman–Crippen MR) is 79.4 cm³/mol. The van der Waals surface area contributed by atoms with Crippen LogP contribution in [0.5, 0.6) is 0 Å². The molecule has 0 spiro atoms.